The predicted octanol–water partition coefficient (Wildman–Crippen LogP) is 5.09. The molecular formula is C28H32ClN5O2. The first-order valence-electron chi connectivity index (χ1n) is 12.3. The largest absolute Gasteiger partial charge is 0.493 e. The maximum atomic E-state index is 6.61. The summed E-state index contributed by atoms with van der Waals surface area (Å²) in [6, 6.07) is 12.2. The van der Waals surface area contributed by atoms with Crippen molar-refractivity contribution in [3.63, 3.8) is 0 Å². The van der Waals surface area contributed by atoms with Crippen LogP contribution in [0.1, 0.15) is 29.8 Å². The standard InChI is InChI=1S/C28H32ClN5O2/c1-18-21(8-5-9-22(18)29)25-26-23(15-24(35-3)28(25)36-4)34(17-20-7-6-10-31-16-20)32-27(26)19(2)33-13-11-30-12-14-33/h5-10,15-16,19,30H,11-14,17H2,1-4H3. The molecule has 0 saturated carbocycles. The number of aromatic nitrogens is 3. The Balaban J connectivity index is 1.82. The molecule has 1 saturated heterocycles. The Kier molecular flexibility index (Phi) is 7.14. The van der Waals surface area contributed by atoms with Gasteiger partial charge in [-0.05, 0) is 42.7 Å². The second kappa shape index (κ2) is 10.5. The zero-order valence-electron chi connectivity index (χ0n) is 21.2. The van der Waals surface area contributed by atoms with Crippen LogP contribution in [0.5, 0.6) is 11.5 Å². The van der Waals surface area contributed by atoms with Crippen molar-refractivity contribution >= 4 is 22.5 Å². The van der Waals surface area contributed by atoms with Gasteiger partial charge in [-0.3, -0.25) is 14.6 Å². The number of fused-ring (bicyclic) bond motifs is 1. The molecule has 36 heavy (non-hydrogen) atoms. The quantitative estimate of drug-likeness (QED) is 0.377. The highest BCUT2D eigenvalue weighted by Gasteiger charge is 2.29. The fourth-order valence-electron chi connectivity index (χ4n) is 5.13. The van der Waals surface area contributed by atoms with Gasteiger partial charge in [0.2, 0.25) is 0 Å². The van der Waals surface area contributed by atoms with Gasteiger partial charge in [-0.25, -0.2) is 0 Å². The van der Waals surface area contributed by atoms with E-state index in [1.54, 1.807) is 20.4 Å². The summed E-state index contributed by atoms with van der Waals surface area (Å²) in [5, 5.41) is 10.5. The molecule has 188 valence electrons. The van der Waals surface area contributed by atoms with E-state index < -0.39 is 0 Å². The van der Waals surface area contributed by atoms with E-state index in [0.717, 1.165) is 65.0 Å². The van der Waals surface area contributed by atoms with Gasteiger partial charge >= 0.3 is 0 Å². The van der Waals surface area contributed by atoms with E-state index in [1.165, 1.54) is 0 Å². The van der Waals surface area contributed by atoms with Crippen molar-refractivity contribution in [2.45, 2.75) is 26.4 Å². The molecule has 2 aromatic carbocycles. The van der Waals surface area contributed by atoms with Gasteiger partial charge < -0.3 is 14.8 Å². The first-order chi connectivity index (χ1) is 17.5. The topological polar surface area (TPSA) is 64.4 Å². The zero-order valence-corrected chi connectivity index (χ0v) is 22.0. The molecule has 0 bridgehead atoms. The van der Waals surface area contributed by atoms with E-state index in [9.17, 15) is 0 Å². The monoisotopic (exact) mass is 505 g/mol. The van der Waals surface area contributed by atoms with Crippen LogP contribution in [-0.4, -0.2) is 60.1 Å². The average Bonchev–Trinajstić information content (AvgIpc) is 3.27. The van der Waals surface area contributed by atoms with Gasteiger partial charge in [0, 0.05) is 60.6 Å². The molecule has 3 heterocycles. The molecule has 1 unspecified atom stereocenters. The molecule has 0 spiro atoms. The summed E-state index contributed by atoms with van der Waals surface area (Å²) in [4.78, 5) is 6.79. The molecule has 0 aliphatic carbocycles. The van der Waals surface area contributed by atoms with Crippen LogP contribution in [0.25, 0.3) is 22.0 Å². The number of piperazine rings is 1. The lowest BCUT2D eigenvalue weighted by Gasteiger charge is -2.32. The van der Waals surface area contributed by atoms with Gasteiger partial charge in [-0.1, -0.05) is 29.8 Å². The smallest absolute Gasteiger partial charge is 0.169 e. The summed E-state index contributed by atoms with van der Waals surface area (Å²) in [5.41, 5.74) is 6.06. The Morgan fingerprint density at radius 1 is 1.11 bits per heavy atom. The lowest BCUT2D eigenvalue weighted by atomic mass is 9.93. The third-order valence-corrected chi connectivity index (χ3v) is 7.51. The molecule has 1 atom stereocenters. The fourth-order valence-corrected chi connectivity index (χ4v) is 5.31. The Hall–Kier alpha value is -3.13. The Morgan fingerprint density at radius 3 is 2.61 bits per heavy atom. The summed E-state index contributed by atoms with van der Waals surface area (Å²) in [5.74, 6) is 1.35. The lowest BCUT2D eigenvalue weighted by molar-refractivity contribution is 0.183. The van der Waals surface area contributed by atoms with Crippen LogP contribution in [0.2, 0.25) is 5.02 Å². The summed E-state index contributed by atoms with van der Waals surface area (Å²) < 4.78 is 13.9. The van der Waals surface area contributed by atoms with E-state index in [4.69, 9.17) is 26.2 Å². The van der Waals surface area contributed by atoms with Crippen LogP contribution in [-0.2, 0) is 6.54 Å². The first-order valence-corrected chi connectivity index (χ1v) is 12.7. The second-order valence-electron chi connectivity index (χ2n) is 9.16. The van der Waals surface area contributed by atoms with E-state index >= 15 is 0 Å². The number of rotatable bonds is 7. The highest BCUT2D eigenvalue weighted by atomic mass is 35.5. The van der Waals surface area contributed by atoms with Gasteiger partial charge in [0.1, 0.15) is 0 Å². The van der Waals surface area contributed by atoms with Crippen LogP contribution in [0.4, 0.5) is 0 Å². The van der Waals surface area contributed by atoms with Crippen molar-refractivity contribution in [3.8, 4) is 22.6 Å². The van der Waals surface area contributed by atoms with Gasteiger partial charge in [0.05, 0.1) is 38.0 Å². The van der Waals surface area contributed by atoms with Crippen molar-refractivity contribution in [1.29, 1.82) is 0 Å². The summed E-state index contributed by atoms with van der Waals surface area (Å²) in [7, 11) is 3.36. The van der Waals surface area contributed by atoms with Gasteiger partial charge in [0.15, 0.2) is 11.5 Å². The molecule has 1 fully saturated rings. The molecule has 8 heteroatoms. The zero-order chi connectivity index (χ0) is 25.2. The molecule has 0 amide bonds. The Morgan fingerprint density at radius 2 is 1.92 bits per heavy atom. The number of pyridine rings is 1. The molecule has 5 rings (SSSR count). The maximum Gasteiger partial charge on any atom is 0.169 e. The van der Waals surface area contributed by atoms with Crippen LogP contribution >= 0.6 is 11.6 Å². The number of ether oxygens (including phenoxy) is 2. The van der Waals surface area contributed by atoms with E-state index in [2.05, 4.69) is 38.9 Å². The van der Waals surface area contributed by atoms with Crippen molar-refractivity contribution in [1.82, 2.24) is 25.0 Å². The van der Waals surface area contributed by atoms with Crippen LogP contribution in [0.3, 0.4) is 0 Å². The average molecular weight is 506 g/mol. The molecule has 1 aliphatic heterocycles. The Labute approximate surface area is 217 Å². The SMILES string of the molecule is COc1cc2c(c(C(C)N3CCNCC3)nn2Cc2cccnc2)c(-c2cccc(Cl)c2C)c1OC. The van der Waals surface area contributed by atoms with E-state index in [-0.39, 0.29) is 6.04 Å². The highest BCUT2D eigenvalue weighted by Crippen LogP contribution is 2.48. The van der Waals surface area contributed by atoms with Crippen molar-refractivity contribution in [2.75, 3.05) is 40.4 Å². The summed E-state index contributed by atoms with van der Waals surface area (Å²) in [6.07, 6.45) is 3.67. The lowest BCUT2D eigenvalue weighted by Crippen LogP contribution is -2.44. The highest BCUT2D eigenvalue weighted by molar-refractivity contribution is 6.31. The summed E-state index contributed by atoms with van der Waals surface area (Å²) in [6.45, 7) is 8.76. The molecule has 1 aliphatic rings. The van der Waals surface area contributed by atoms with E-state index in [1.807, 2.05) is 37.4 Å². The molecule has 1 N–H and O–H groups in total. The first kappa shape index (κ1) is 24.6. The van der Waals surface area contributed by atoms with Crippen molar-refractivity contribution in [2.24, 2.45) is 0 Å². The molecule has 4 aromatic rings. The number of nitrogens with zero attached hydrogens (tertiary/aromatic N) is 4. The predicted molar refractivity (Wildman–Crippen MR) is 144 cm³/mol. The number of benzene rings is 2. The molecule has 2 aromatic heterocycles. The molecule has 7 nitrogen and oxygen atoms in total. The van der Waals surface area contributed by atoms with Crippen LogP contribution < -0.4 is 14.8 Å². The third-order valence-electron chi connectivity index (χ3n) is 7.10. The molecule has 0 radical (unpaired) electrons. The number of halogens is 1. The van der Waals surface area contributed by atoms with Gasteiger partial charge in [0.25, 0.3) is 0 Å². The fraction of sp³-hybridized carbons (Fsp3) is 0.357. The van der Waals surface area contributed by atoms with Crippen molar-refractivity contribution in [3.05, 3.63) is 70.6 Å². The van der Waals surface area contributed by atoms with Gasteiger partial charge in [-0.15, -0.1) is 0 Å². The normalized spacial score (nSPS) is 15.2. The second-order valence-corrected chi connectivity index (χ2v) is 9.57. The van der Waals surface area contributed by atoms with Crippen molar-refractivity contribution < 1.29 is 9.47 Å². The molecular weight excluding hydrogens is 474 g/mol. The maximum absolute atomic E-state index is 6.61. The number of nitrogens with one attached hydrogen (secondary N) is 1. The third kappa shape index (κ3) is 4.43. The number of methoxy groups -OCH3 is 2. The Bertz CT molecular complexity index is 1370. The number of hydrogen-bond donors (Lipinski definition) is 1. The number of hydrogen-bond acceptors (Lipinski definition) is 6. The minimum Gasteiger partial charge on any atom is -0.493 e. The summed E-state index contributed by atoms with van der Waals surface area (Å²) >= 11 is 6.61. The van der Waals surface area contributed by atoms with Crippen LogP contribution in [0, 0.1) is 6.92 Å². The van der Waals surface area contributed by atoms with E-state index in [0.29, 0.717) is 23.1 Å². The minimum absolute atomic E-state index is 0.112. The van der Waals surface area contributed by atoms with Crippen LogP contribution in [0.15, 0.2) is 48.8 Å². The minimum atomic E-state index is 0.112. The van der Waals surface area contributed by atoms with Gasteiger partial charge in [-0.2, -0.15) is 5.10 Å².